The van der Waals surface area contributed by atoms with Crippen LogP contribution in [0, 0.1) is 0 Å². The van der Waals surface area contributed by atoms with Crippen molar-refractivity contribution in [1.82, 2.24) is 10.6 Å². The van der Waals surface area contributed by atoms with E-state index in [2.05, 4.69) is 22.8 Å². The van der Waals surface area contributed by atoms with Crippen LogP contribution in [0.3, 0.4) is 0 Å². The van der Waals surface area contributed by atoms with Crippen LogP contribution in [0.1, 0.15) is 49.4 Å². The van der Waals surface area contributed by atoms with Gasteiger partial charge in [-0.3, -0.25) is 9.59 Å². The average Bonchev–Trinajstić information content (AvgIpc) is 2.46. The molecule has 0 aromatic heterocycles. The van der Waals surface area contributed by atoms with Crippen molar-refractivity contribution >= 4 is 11.8 Å². The van der Waals surface area contributed by atoms with E-state index >= 15 is 0 Å². The number of rotatable bonds is 3. The highest BCUT2D eigenvalue weighted by molar-refractivity contribution is 6.35. The monoisotopic (exact) mass is 274 g/mol. The van der Waals surface area contributed by atoms with Gasteiger partial charge >= 0.3 is 11.8 Å². The number of carbonyl (C=O) groups is 2. The average molecular weight is 274 g/mol. The van der Waals surface area contributed by atoms with Crippen molar-refractivity contribution < 1.29 is 9.59 Å². The zero-order valence-electron chi connectivity index (χ0n) is 12.2. The van der Waals surface area contributed by atoms with E-state index in [4.69, 9.17) is 0 Å². The minimum Gasteiger partial charge on any atom is -0.348 e. The van der Waals surface area contributed by atoms with Crippen molar-refractivity contribution in [2.45, 2.75) is 45.6 Å². The highest BCUT2D eigenvalue weighted by Crippen LogP contribution is 2.24. The number of carbonyl (C=O) groups excluding carboxylic acids is 2. The smallest absolute Gasteiger partial charge is 0.309 e. The van der Waals surface area contributed by atoms with Gasteiger partial charge in [0, 0.05) is 6.54 Å². The van der Waals surface area contributed by atoms with Crippen LogP contribution in [0.2, 0.25) is 0 Å². The van der Waals surface area contributed by atoms with Crippen LogP contribution in [0.4, 0.5) is 0 Å². The molecule has 1 unspecified atom stereocenters. The van der Waals surface area contributed by atoms with Crippen molar-refractivity contribution in [2.24, 2.45) is 0 Å². The molecule has 2 rings (SSSR count). The summed E-state index contributed by atoms with van der Waals surface area (Å²) < 4.78 is 0. The van der Waals surface area contributed by atoms with Crippen LogP contribution < -0.4 is 10.6 Å². The molecule has 20 heavy (non-hydrogen) atoms. The number of likely N-dealkylation sites (N-methyl/N-ethyl adjacent to an activating group) is 1. The number of hydrogen-bond donors (Lipinski definition) is 2. The standard InChI is InChI=1S/C16H22N2O2/c1-3-17-15(19)16(20)18-11(2)13-9-8-12-6-4-5-7-14(12)10-13/h8-11H,3-7H2,1-2H3,(H,17,19)(H,18,20). The first kappa shape index (κ1) is 14.6. The third-order valence-electron chi connectivity index (χ3n) is 3.76. The largest absolute Gasteiger partial charge is 0.348 e. The fraction of sp³-hybridized carbons (Fsp3) is 0.500. The summed E-state index contributed by atoms with van der Waals surface area (Å²) in [5.41, 5.74) is 3.86. The molecule has 0 saturated heterocycles. The zero-order chi connectivity index (χ0) is 14.5. The molecule has 2 N–H and O–H groups in total. The SMILES string of the molecule is CCNC(=O)C(=O)NC(C)c1ccc2c(c1)CCCC2. The van der Waals surface area contributed by atoms with Gasteiger partial charge in [-0.25, -0.2) is 0 Å². The molecule has 1 aliphatic rings. The van der Waals surface area contributed by atoms with Gasteiger partial charge in [0.15, 0.2) is 0 Å². The Bertz CT molecular complexity index is 511. The van der Waals surface area contributed by atoms with Gasteiger partial charge in [-0.1, -0.05) is 18.2 Å². The van der Waals surface area contributed by atoms with E-state index in [9.17, 15) is 9.59 Å². The summed E-state index contributed by atoms with van der Waals surface area (Å²) in [6.45, 7) is 4.15. The lowest BCUT2D eigenvalue weighted by molar-refractivity contribution is -0.139. The minimum atomic E-state index is -0.572. The lowest BCUT2D eigenvalue weighted by Gasteiger charge is -2.19. The number of hydrogen-bond acceptors (Lipinski definition) is 2. The molecule has 0 fully saturated rings. The van der Waals surface area contributed by atoms with Gasteiger partial charge in [-0.15, -0.1) is 0 Å². The van der Waals surface area contributed by atoms with E-state index in [0.717, 1.165) is 18.4 Å². The van der Waals surface area contributed by atoms with Gasteiger partial charge in [0.1, 0.15) is 0 Å². The van der Waals surface area contributed by atoms with Gasteiger partial charge in [0.05, 0.1) is 6.04 Å². The number of fused-ring (bicyclic) bond motifs is 1. The molecule has 1 aliphatic carbocycles. The second-order valence-corrected chi connectivity index (χ2v) is 5.29. The fourth-order valence-corrected chi connectivity index (χ4v) is 2.61. The van der Waals surface area contributed by atoms with Crippen molar-refractivity contribution in [3.63, 3.8) is 0 Å². The number of aryl methyl sites for hydroxylation is 2. The third-order valence-corrected chi connectivity index (χ3v) is 3.76. The molecular weight excluding hydrogens is 252 g/mol. The molecule has 1 aromatic carbocycles. The molecule has 0 saturated carbocycles. The molecule has 2 amide bonds. The Morgan fingerprint density at radius 2 is 1.85 bits per heavy atom. The van der Waals surface area contributed by atoms with Crippen LogP contribution in [0.15, 0.2) is 18.2 Å². The molecule has 1 atom stereocenters. The first-order valence-electron chi connectivity index (χ1n) is 7.32. The molecule has 0 heterocycles. The molecule has 4 nitrogen and oxygen atoms in total. The normalized spacial score (nSPS) is 15.1. The summed E-state index contributed by atoms with van der Waals surface area (Å²) in [6, 6.07) is 6.21. The molecule has 0 spiro atoms. The summed E-state index contributed by atoms with van der Waals surface area (Å²) in [4.78, 5) is 23.1. The predicted octanol–water partition coefficient (Wildman–Crippen LogP) is 1.88. The van der Waals surface area contributed by atoms with Crippen LogP contribution in [0.25, 0.3) is 0 Å². The van der Waals surface area contributed by atoms with Gasteiger partial charge in [-0.2, -0.15) is 0 Å². The van der Waals surface area contributed by atoms with Crippen molar-refractivity contribution in [1.29, 1.82) is 0 Å². The van der Waals surface area contributed by atoms with Crippen molar-refractivity contribution in [3.05, 3.63) is 34.9 Å². The molecular formula is C16H22N2O2. The third kappa shape index (κ3) is 3.38. The number of benzene rings is 1. The van der Waals surface area contributed by atoms with E-state index < -0.39 is 11.8 Å². The van der Waals surface area contributed by atoms with Crippen LogP contribution >= 0.6 is 0 Å². The van der Waals surface area contributed by atoms with Gasteiger partial charge in [0.25, 0.3) is 0 Å². The Labute approximate surface area is 119 Å². The summed E-state index contributed by atoms with van der Waals surface area (Å²) in [5, 5.41) is 5.24. The first-order valence-corrected chi connectivity index (χ1v) is 7.32. The molecule has 4 heteroatoms. The Morgan fingerprint density at radius 1 is 1.15 bits per heavy atom. The Kier molecular flexibility index (Phi) is 4.77. The van der Waals surface area contributed by atoms with E-state index in [1.54, 1.807) is 6.92 Å². The highest BCUT2D eigenvalue weighted by Gasteiger charge is 2.17. The van der Waals surface area contributed by atoms with Crippen LogP contribution in [-0.2, 0) is 22.4 Å². The molecule has 0 bridgehead atoms. The molecule has 0 radical (unpaired) electrons. The summed E-state index contributed by atoms with van der Waals surface area (Å²) in [6.07, 6.45) is 4.75. The second kappa shape index (κ2) is 6.55. The quantitative estimate of drug-likeness (QED) is 0.827. The van der Waals surface area contributed by atoms with E-state index in [1.165, 1.54) is 24.0 Å². The predicted molar refractivity (Wildman–Crippen MR) is 78.3 cm³/mol. The maximum absolute atomic E-state index is 11.7. The Balaban J connectivity index is 2.04. The summed E-state index contributed by atoms with van der Waals surface area (Å²) >= 11 is 0. The number of nitrogens with one attached hydrogen (secondary N) is 2. The topological polar surface area (TPSA) is 58.2 Å². The summed E-state index contributed by atoms with van der Waals surface area (Å²) in [5.74, 6) is -1.14. The van der Waals surface area contributed by atoms with E-state index in [1.807, 2.05) is 13.0 Å². The Hall–Kier alpha value is -1.84. The van der Waals surface area contributed by atoms with Crippen molar-refractivity contribution in [2.75, 3.05) is 6.54 Å². The van der Waals surface area contributed by atoms with Gasteiger partial charge in [-0.05, 0) is 56.2 Å². The zero-order valence-corrected chi connectivity index (χ0v) is 12.2. The van der Waals surface area contributed by atoms with Crippen LogP contribution in [-0.4, -0.2) is 18.4 Å². The second-order valence-electron chi connectivity index (χ2n) is 5.29. The van der Waals surface area contributed by atoms with Crippen molar-refractivity contribution in [3.8, 4) is 0 Å². The molecule has 108 valence electrons. The van der Waals surface area contributed by atoms with Gasteiger partial charge < -0.3 is 10.6 Å². The first-order chi connectivity index (χ1) is 9.61. The highest BCUT2D eigenvalue weighted by atomic mass is 16.2. The molecule has 1 aromatic rings. The minimum absolute atomic E-state index is 0.155. The van der Waals surface area contributed by atoms with Crippen LogP contribution in [0.5, 0.6) is 0 Å². The lowest BCUT2D eigenvalue weighted by Crippen LogP contribution is -2.40. The van der Waals surface area contributed by atoms with E-state index in [0.29, 0.717) is 6.54 Å². The van der Waals surface area contributed by atoms with Gasteiger partial charge in [0.2, 0.25) is 0 Å². The Morgan fingerprint density at radius 3 is 2.55 bits per heavy atom. The lowest BCUT2D eigenvalue weighted by atomic mass is 9.89. The fourth-order valence-electron chi connectivity index (χ4n) is 2.61. The maximum atomic E-state index is 11.7. The number of amides is 2. The summed E-state index contributed by atoms with van der Waals surface area (Å²) in [7, 11) is 0. The van der Waals surface area contributed by atoms with E-state index in [-0.39, 0.29) is 6.04 Å². The maximum Gasteiger partial charge on any atom is 0.309 e. The molecule has 0 aliphatic heterocycles.